The molecular formula is C23H24F6N2O2. The number of alkyl halides is 6. The lowest BCUT2D eigenvalue weighted by atomic mass is 9.87. The Morgan fingerprint density at radius 1 is 1.03 bits per heavy atom. The van der Waals surface area contributed by atoms with E-state index in [1.807, 2.05) is 0 Å². The largest absolute Gasteiger partial charge is 0.416 e. The van der Waals surface area contributed by atoms with Crippen molar-refractivity contribution in [3.05, 3.63) is 70.8 Å². The molecule has 3 rings (SSSR count). The SMILES string of the molecule is C[C@@H](OC[C@@]1(c2ccccc2)C[C@H](N(C)C)C(=O)N1)c1cc(C(F)(F)F)cc(C(F)(F)F)c1. The summed E-state index contributed by atoms with van der Waals surface area (Å²) < 4.78 is 85.1. The molecule has 1 amide bonds. The van der Waals surface area contributed by atoms with Crippen LogP contribution < -0.4 is 5.32 Å². The summed E-state index contributed by atoms with van der Waals surface area (Å²) in [6.45, 7) is 1.25. The summed E-state index contributed by atoms with van der Waals surface area (Å²) in [5, 5.41) is 2.93. The molecule has 180 valence electrons. The van der Waals surface area contributed by atoms with Gasteiger partial charge in [-0.2, -0.15) is 26.3 Å². The number of nitrogens with one attached hydrogen (secondary N) is 1. The van der Waals surface area contributed by atoms with Gasteiger partial charge in [0.25, 0.3) is 0 Å². The smallest absolute Gasteiger partial charge is 0.371 e. The van der Waals surface area contributed by atoms with Crippen molar-refractivity contribution in [3.63, 3.8) is 0 Å². The topological polar surface area (TPSA) is 41.6 Å². The highest BCUT2D eigenvalue weighted by molar-refractivity contribution is 5.85. The molecule has 0 unspecified atom stereocenters. The Morgan fingerprint density at radius 2 is 1.58 bits per heavy atom. The van der Waals surface area contributed by atoms with Gasteiger partial charge in [0, 0.05) is 6.42 Å². The molecule has 0 radical (unpaired) electrons. The van der Waals surface area contributed by atoms with Gasteiger partial charge >= 0.3 is 12.4 Å². The molecule has 4 nitrogen and oxygen atoms in total. The number of carbonyl (C=O) groups excluding carboxylic acids is 1. The van der Waals surface area contributed by atoms with Gasteiger partial charge in [0.2, 0.25) is 5.91 Å². The average Bonchev–Trinajstić information content (AvgIpc) is 3.09. The van der Waals surface area contributed by atoms with Crippen molar-refractivity contribution in [3.8, 4) is 0 Å². The number of nitrogens with zero attached hydrogens (tertiary/aromatic N) is 1. The van der Waals surface area contributed by atoms with Crippen LogP contribution in [0.2, 0.25) is 0 Å². The first-order chi connectivity index (χ1) is 15.2. The molecule has 10 heteroatoms. The average molecular weight is 474 g/mol. The van der Waals surface area contributed by atoms with E-state index in [0.717, 1.165) is 5.56 Å². The summed E-state index contributed by atoms with van der Waals surface area (Å²) in [5.41, 5.74) is -3.30. The van der Waals surface area contributed by atoms with Gasteiger partial charge in [0.05, 0.1) is 35.4 Å². The summed E-state index contributed by atoms with van der Waals surface area (Å²) in [6.07, 6.45) is -10.7. The Hall–Kier alpha value is -2.59. The third-order valence-corrected chi connectivity index (χ3v) is 5.82. The quantitative estimate of drug-likeness (QED) is 0.589. The maximum absolute atomic E-state index is 13.2. The van der Waals surface area contributed by atoms with Crippen LogP contribution in [0.4, 0.5) is 26.3 Å². The molecular weight excluding hydrogens is 450 g/mol. The van der Waals surface area contributed by atoms with E-state index in [0.29, 0.717) is 18.6 Å². The number of carbonyl (C=O) groups is 1. The molecule has 1 heterocycles. The van der Waals surface area contributed by atoms with Gasteiger partial charge in [0.15, 0.2) is 0 Å². The zero-order valence-corrected chi connectivity index (χ0v) is 18.2. The van der Waals surface area contributed by atoms with Gasteiger partial charge in [-0.25, -0.2) is 0 Å². The third kappa shape index (κ3) is 5.50. The highest BCUT2D eigenvalue weighted by Crippen LogP contribution is 2.39. The molecule has 1 N–H and O–H groups in total. The van der Waals surface area contributed by atoms with E-state index in [1.54, 1.807) is 49.3 Å². The molecule has 1 aliphatic heterocycles. The first-order valence-electron chi connectivity index (χ1n) is 10.2. The van der Waals surface area contributed by atoms with Gasteiger partial charge in [0.1, 0.15) is 0 Å². The minimum atomic E-state index is -4.95. The number of hydrogen-bond acceptors (Lipinski definition) is 3. The number of benzene rings is 2. The molecule has 0 aliphatic carbocycles. The van der Waals surface area contributed by atoms with Crippen molar-refractivity contribution in [2.24, 2.45) is 0 Å². The van der Waals surface area contributed by atoms with E-state index in [1.165, 1.54) is 6.92 Å². The number of hydrogen-bond donors (Lipinski definition) is 1. The van der Waals surface area contributed by atoms with E-state index in [4.69, 9.17) is 4.74 Å². The molecule has 0 saturated carbocycles. The predicted molar refractivity (Wildman–Crippen MR) is 109 cm³/mol. The fraction of sp³-hybridized carbons (Fsp3) is 0.435. The fourth-order valence-corrected chi connectivity index (χ4v) is 3.91. The number of amides is 1. The molecule has 1 saturated heterocycles. The van der Waals surface area contributed by atoms with Crippen molar-refractivity contribution in [2.75, 3.05) is 20.7 Å². The van der Waals surface area contributed by atoms with Gasteiger partial charge in [-0.15, -0.1) is 0 Å². The Kier molecular flexibility index (Phi) is 6.82. The van der Waals surface area contributed by atoms with E-state index < -0.39 is 41.2 Å². The van der Waals surface area contributed by atoms with Gasteiger partial charge in [-0.1, -0.05) is 30.3 Å². The van der Waals surface area contributed by atoms with Crippen molar-refractivity contribution >= 4 is 5.91 Å². The van der Waals surface area contributed by atoms with Crippen molar-refractivity contribution in [1.82, 2.24) is 10.2 Å². The van der Waals surface area contributed by atoms with Crippen molar-refractivity contribution < 1.29 is 35.9 Å². The Labute approximate surface area is 187 Å². The molecule has 0 bridgehead atoms. The lowest BCUT2D eigenvalue weighted by molar-refractivity contribution is -0.143. The highest BCUT2D eigenvalue weighted by Gasteiger charge is 2.47. The standard InChI is InChI=1S/C23H24F6N2O2/c1-14(15-9-17(22(24,25)26)11-18(10-15)23(27,28)29)33-13-21(16-7-5-4-6-8-16)12-19(31(2)3)20(32)30-21/h4-11,14,19H,12-13H2,1-3H3,(H,30,32)/t14-,19+,21-/m1/s1. The van der Waals surface area contributed by atoms with E-state index in [2.05, 4.69) is 5.32 Å². The van der Waals surface area contributed by atoms with Crippen molar-refractivity contribution in [1.29, 1.82) is 0 Å². The normalized spacial score (nSPS) is 22.5. The zero-order chi connectivity index (χ0) is 24.6. The van der Waals surface area contributed by atoms with Crippen LogP contribution in [0.3, 0.4) is 0 Å². The van der Waals surface area contributed by atoms with Crippen molar-refractivity contribution in [2.45, 2.75) is 43.4 Å². The summed E-state index contributed by atoms with van der Waals surface area (Å²) in [6, 6.07) is 9.86. The minimum Gasteiger partial charge on any atom is -0.371 e. The maximum atomic E-state index is 13.2. The van der Waals surface area contributed by atoms with Crippen LogP contribution in [0, 0.1) is 0 Å². The third-order valence-electron chi connectivity index (χ3n) is 5.82. The first kappa shape index (κ1) is 25.0. The lowest BCUT2D eigenvalue weighted by Gasteiger charge is -2.32. The van der Waals surface area contributed by atoms with Crippen LogP contribution in [0.1, 0.15) is 41.7 Å². The summed E-state index contributed by atoms with van der Waals surface area (Å²) in [7, 11) is 3.49. The van der Waals surface area contributed by atoms with Crippen LogP contribution in [0.25, 0.3) is 0 Å². The zero-order valence-electron chi connectivity index (χ0n) is 18.2. The molecule has 1 fully saturated rings. The second-order valence-corrected chi connectivity index (χ2v) is 8.41. The number of ether oxygens (including phenoxy) is 1. The molecule has 2 aromatic rings. The number of rotatable bonds is 6. The summed E-state index contributed by atoms with van der Waals surface area (Å²) in [5.74, 6) is -0.237. The van der Waals surface area contributed by atoms with Crippen LogP contribution in [-0.4, -0.2) is 37.6 Å². The molecule has 0 aromatic heterocycles. The van der Waals surface area contributed by atoms with E-state index in [9.17, 15) is 31.1 Å². The van der Waals surface area contributed by atoms with Crippen LogP contribution >= 0.6 is 0 Å². The van der Waals surface area contributed by atoms with Crippen LogP contribution in [0.5, 0.6) is 0 Å². The minimum absolute atomic E-state index is 0.0839. The molecule has 2 aromatic carbocycles. The van der Waals surface area contributed by atoms with Gasteiger partial charge in [-0.3, -0.25) is 9.69 Å². The van der Waals surface area contributed by atoms with Crippen LogP contribution in [0.15, 0.2) is 48.5 Å². The van der Waals surface area contributed by atoms with E-state index >= 15 is 0 Å². The lowest BCUT2D eigenvalue weighted by Crippen LogP contribution is -2.43. The summed E-state index contributed by atoms with van der Waals surface area (Å²) in [4.78, 5) is 14.3. The Morgan fingerprint density at radius 3 is 2.03 bits per heavy atom. The Balaban J connectivity index is 1.92. The predicted octanol–water partition coefficient (Wildman–Crippen LogP) is 5.15. The second kappa shape index (κ2) is 8.98. The second-order valence-electron chi connectivity index (χ2n) is 8.41. The molecule has 33 heavy (non-hydrogen) atoms. The first-order valence-corrected chi connectivity index (χ1v) is 10.2. The summed E-state index contributed by atoms with van der Waals surface area (Å²) >= 11 is 0. The monoisotopic (exact) mass is 474 g/mol. The van der Waals surface area contributed by atoms with Gasteiger partial charge < -0.3 is 10.1 Å². The fourth-order valence-electron chi connectivity index (χ4n) is 3.91. The Bertz CT molecular complexity index is 958. The molecule has 0 spiro atoms. The van der Waals surface area contributed by atoms with Crippen LogP contribution in [-0.2, 0) is 27.4 Å². The number of halogens is 6. The molecule has 1 aliphatic rings. The number of likely N-dealkylation sites (N-methyl/N-ethyl adjacent to an activating group) is 1. The van der Waals surface area contributed by atoms with Gasteiger partial charge in [-0.05, 0) is 50.3 Å². The molecule has 3 atom stereocenters. The van der Waals surface area contributed by atoms with E-state index in [-0.39, 0.29) is 24.1 Å². The maximum Gasteiger partial charge on any atom is 0.416 e. The highest BCUT2D eigenvalue weighted by atomic mass is 19.4.